The first-order chi connectivity index (χ1) is 6.10. The highest BCUT2D eigenvalue weighted by Gasteiger charge is 2.36. The van der Waals surface area contributed by atoms with Gasteiger partial charge in [-0.15, -0.1) is 0 Å². The van der Waals surface area contributed by atoms with Crippen molar-refractivity contribution in [3.8, 4) is 0 Å². The second-order valence-corrected chi connectivity index (χ2v) is 3.74. The Kier molecular flexibility index (Phi) is 3.27. The molecule has 4 nitrogen and oxygen atoms in total. The molecule has 0 aromatic carbocycles. The summed E-state index contributed by atoms with van der Waals surface area (Å²) in [7, 11) is 0. The van der Waals surface area contributed by atoms with Gasteiger partial charge in [-0.25, -0.2) is 5.06 Å². The third kappa shape index (κ3) is 2.19. The van der Waals surface area contributed by atoms with E-state index in [9.17, 15) is 10.0 Å². The van der Waals surface area contributed by atoms with E-state index in [1.54, 1.807) is 6.92 Å². The van der Waals surface area contributed by atoms with Crippen LogP contribution in [0, 0.1) is 0 Å². The average molecular weight is 186 g/mol. The first-order valence-electron chi connectivity index (χ1n) is 4.86. The molecule has 1 aliphatic rings. The molecule has 0 aromatic rings. The Morgan fingerprint density at radius 2 is 2.31 bits per heavy atom. The molecule has 0 aliphatic carbocycles. The fourth-order valence-electron chi connectivity index (χ4n) is 1.67. The molecule has 76 valence electrons. The smallest absolute Gasteiger partial charge is 0.265 e. The van der Waals surface area contributed by atoms with E-state index in [4.69, 9.17) is 0 Å². The first-order valence-corrected chi connectivity index (χ1v) is 4.86. The van der Waals surface area contributed by atoms with Gasteiger partial charge in [-0.3, -0.25) is 10.0 Å². The highest BCUT2D eigenvalue weighted by atomic mass is 16.5. The van der Waals surface area contributed by atoms with Crippen LogP contribution in [0.5, 0.6) is 0 Å². The van der Waals surface area contributed by atoms with Crippen molar-refractivity contribution in [3.63, 3.8) is 0 Å². The van der Waals surface area contributed by atoms with Crippen LogP contribution in [0.3, 0.4) is 0 Å². The highest BCUT2D eigenvalue weighted by Crippen LogP contribution is 2.20. The molecule has 1 amide bonds. The van der Waals surface area contributed by atoms with Crippen molar-refractivity contribution in [2.45, 2.75) is 38.6 Å². The average Bonchev–Trinajstić information content (AvgIpc) is 2.16. The summed E-state index contributed by atoms with van der Waals surface area (Å²) in [6.07, 6.45) is 2.97. The van der Waals surface area contributed by atoms with Crippen molar-refractivity contribution in [3.05, 3.63) is 0 Å². The van der Waals surface area contributed by atoms with Crippen molar-refractivity contribution in [1.29, 1.82) is 0 Å². The molecule has 0 spiro atoms. The number of carbonyl (C=O) groups is 1. The van der Waals surface area contributed by atoms with Crippen LogP contribution in [0.15, 0.2) is 0 Å². The van der Waals surface area contributed by atoms with E-state index in [-0.39, 0.29) is 5.91 Å². The SMILES string of the molecule is CCN(O)C(=O)C1(C)CCCCN1. The molecule has 1 saturated heterocycles. The van der Waals surface area contributed by atoms with E-state index in [0.717, 1.165) is 30.9 Å². The Morgan fingerprint density at radius 1 is 1.62 bits per heavy atom. The van der Waals surface area contributed by atoms with E-state index in [2.05, 4.69) is 5.32 Å². The minimum atomic E-state index is -0.553. The molecule has 0 saturated carbocycles. The predicted octanol–water partition coefficient (Wildman–Crippen LogP) is 0.756. The molecular formula is C9H18N2O2. The van der Waals surface area contributed by atoms with Crippen LogP contribution in [-0.4, -0.2) is 34.8 Å². The lowest BCUT2D eigenvalue weighted by atomic mass is 9.90. The maximum absolute atomic E-state index is 11.7. The lowest BCUT2D eigenvalue weighted by Gasteiger charge is -2.35. The summed E-state index contributed by atoms with van der Waals surface area (Å²) in [5.74, 6) is -0.213. The van der Waals surface area contributed by atoms with E-state index in [0.29, 0.717) is 6.54 Å². The van der Waals surface area contributed by atoms with Crippen molar-refractivity contribution < 1.29 is 10.0 Å². The number of hydrogen-bond acceptors (Lipinski definition) is 3. The summed E-state index contributed by atoms with van der Waals surface area (Å²) < 4.78 is 0. The number of hydrogen-bond donors (Lipinski definition) is 2. The number of hydroxylamine groups is 2. The minimum absolute atomic E-state index is 0.213. The molecule has 0 bridgehead atoms. The topological polar surface area (TPSA) is 52.6 Å². The van der Waals surface area contributed by atoms with Crippen LogP contribution in [0.25, 0.3) is 0 Å². The van der Waals surface area contributed by atoms with Gasteiger partial charge in [-0.05, 0) is 39.7 Å². The summed E-state index contributed by atoms with van der Waals surface area (Å²) in [6, 6.07) is 0. The van der Waals surface area contributed by atoms with Crippen LogP contribution in [0.4, 0.5) is 0 Å². The fraction of sp³-hybridized carbons (Fsp3) is 0.889. The van der Waals surface area contributed by atoms with Gasteiger partial charge in [0.05, 0.1) is 5.54 Å². The van der Waals surface area contributed by atoms with Crippen molar-refractivity contribution in [2.24, 2.45) is 0 Å². The summed E-state index contributed by atoms with van der Waals surface area (Å²) in [6.45, 7) is 4.81. The summed E-state index contributed by atoms with van der Waals surface area (Å²) in [5.41, 5.74) is -0.553. The normalized spacial score (nSPS) is 28.5. The zero-order chi connectivity index (χ0) is 9.90. The highest BCUT2D eigenvalue weighted by molar-refractivity contribution is 5.85. The number of nitrogens with zero attached hydrogens (tertiary/aromatic N) is 1. The maximum atomic E-state index is 11.7. The Balaban J connectivity index is 2.61. The van der Waals surface area contributed by atoms with E-state index >= 15 is 0 Å². The minimum Gasteiger partial charge on any atom is -0.303 e. The number of piperidine rings is 1. The van der Waals surface area contributed by atoms with Crippen molar-refractivity contribution in [2.75, 3.05) is 13.1 Å². The fourth-order valence-corrected chi connectivity index (χ4v) is 1.67. The van der Waals surface area contributed by atoms with Gasteiger partial charge in [-0.1, -0.05) is 0 Å². The van der Waals surface area contributed by atoms with Gasteiger partial charge in [0.15, 0.2) is 0 Å². The van der Waals surface area contributed by atoms with E-state index in [1.165, 1.54) is 0 Å². The van der Waals surface area contributed by atoms with Crippen LogP contribution in [0.2, 0.25) is 0 Å². The molecule has 1 atom stereocenters. The number of amides is 1. The van der Waals surface area contributed by atoms with Crippen molar-refractivity contribution in [1.82, 2.24) is 10.4 Å². The molecule has 1 heterocycles. The molecule has 1 fully saturated rings. The lowest BCUT2D eigenvalue weighted by Crippen LogP contribution is -2.57. The zero-order valence-corrected chi connectivity index (χ0v) is 8.34. The molecule has 1 aliphatic heterocycles. The van der Waals surface area contributed by atoms with Crippen LogP contribution >= 0.6 is 0 Å². The Labute approximate surface area is 78.9 Å². The maximum Gasteiger partial charge on any atom is 0.265 e. The molecule has 4 heteroatoms. The standard InChI is InChI=1S/C9H18N2O2/c1-3-11(13)8(12)9(2)6-4-5-7-10-9/h10,13H,3-7H2,1-2H3. The second kappa shape index (κ2) is 4.07. The Bertz CT molecular complexity index is 188. The zero-order valence-electron chi connectivity index (χ0n) is 8.34. The second-order valence-electron chi connectivity index (χ2n) is 3.74. The van der Waals surface area contributed by atoms with Crippen LogP contribution in [0.1, 0.15) is 33.1 Å². The van der Waals surface area contributed by atoms with E-state index < -0.39 is 5.54 Å². The lowest BCUT2D eigenvalue weighted by molar-refractivity contribution is -0.172. The molecule has 2 N–H and O–H groups in total. The third-order valence-corrected chi connectivity index (χ3v) is 2.62. The molecule has 13 heavy (non-hydrogen) atoms. The third-order valence-electron chi connectivity index (χ3n) is 2.62. The number of nitrogens with one attached hydrogen (secondary N) is 1. The van der Waals surface area contributed by atoms with Crippen LogP contribution < -0.4 is 5.32 Å². The molecule has 1 unspecified atom stereocenters. The monoisotopic (exact) mass is 186 g/mol. The van der Waals surface area contributed by atoms with Gasteiger partial charge in [0.25, 0.3) is 5.91 Å². The molecule has 1 rings (SSSR count). The Morgan fingerprint density at radius 3 is 2.77 bits per heavy atom. The van der Waals surface area contributed by atoms with E-state index in [1.807, 2.05) is 6.92 Å². The van der Waals surface area contributed by atoms with Crippen molar-refractivity contribution >= 4 is 5.91 Å². The summed E-state index contributed by atoms with van der Waals surface area (Å²) in [4.78, 5) is 11.7. The molecular weight excluding hydrogens is 168 g/mol. The molecule has 0 aromatic heterocycles. The van der Waals surface area contributed by atoms with Gasteiger partial charge in [-0.2, -0.15) is 0 Å². The number of carbonyl (C=O) groups excluding carboxylic acids is 1. The van der Waals surface area contributed by atoms with Crippen LogP contribution in [-0.2, 0) is 4.79 Å². The summed E-state index contributed by atoms with van der Waals surface area (Å²) in [5, 5.41) is 13.2. The van der Waals surface area contributed by atoms with Gasteiger partial charge >= 0.3 is 0 Å². The number of rotatable bonds is 2. The van der Waals surface area contributed by atoms with Gasteiger partial charge in [0.1, 0.15) is 0 Å². The quantitative estimate of drug-likeness (QED) is 0.494. The van der Waals surface area contributed by atoms with Gasteiger partial charge in [0, 0.05) is 6.54 Å². The summed E-state index contributed by atoms with van der Waals surface area (Å²) >= 11 is 0. The predicted molar refractivity (Wildman–Crippen MR) is 49.4 cm³/mol. The first kappa shape index (κ1) is 10.5. The number of likely N-dealkylation sites (N-methyl/N-ethyl adjacent to an activating group) is 1. The van der Waals surface area contributed by atoms with Gasteiger partial charge < -0.3 is 5.32 Å². The Hall–Kier alpha value is -0.610. The largest absolute Gasteiger partial charge is 0.303 e. The molecule has 0 radical (unpaired) electrons. The van der Waals surface area contributed by atoms with Gasteiger partial charge in [0.2, 0.25) is 0 Å².